The Hall–Kier alpha value is -8.20. The van der Waals surface area contributed by atoms with Crippen LogP contribution in [0, 0.1) is 0 Å². The zero-order valence-corrected chi connectivity index (χ0v) is 34.0. The molecule has 290 valence electrons. The van der Waals surface area contributed by atoms with Crippen LogP contribution in [0.1, 0.15) is 0 Å². The minimum absolute atomic E-state index is 1.10. The van der Waals surface area contributed by atoms with Crippen molar-refractivity contribution >= 4 is 71.2 Å². The summed E-state index contributed by atoms with van der Waals surface area (Å²) in [6.07, 6.45) is 0. The largest absolute Gasteiger partial charge is 0.310 e. The van der Waals surface area contributed by atoms with Crippen molar-refractivity contribution in [2.45, 2.75) is 0 Å². The highest BCUT2D eigenvalue weighted by molar-refractivity contribution is 6.16. The fraction of sp³-hybridized carbons (Fsp3) is 0. The van der Waals surface area contributed by atoms with E-state index in [9.17, 15) is 0 Å². The van der Waals surface area contributed by atoms with Crippen LogP contribution in [0.2, 0.25) is 0 Å². The summed E-state index contributed by atoms with van der Waals surface area (Å²) in [7, 11) is 0. The number of rotatable bonds is 7. The number of benzene rings is 11. The topological polar surface area (TPSA) is 8.17 Å². The molecule has 0 amide bonds. The molecule has 2 heteroatoms. The molecule has 0 aliphatic rings. The van der Waals surface area contributed by atoms with Gasteiger partial charge < -0.3 is 9.47 Å². The summed E-state index contributed by atoms with van der Waals surface area (Å²) < 4.78 is 2.39. The maximum atomic E-state index is 2.41. The molecule has 0 aliphatic heterocycles. The van der Waals surface area contributed by atoms with E-state index in [1.54, 1.807) is 0 Å². The quantitative estimate of drug-likeness (QED) is 0.146. The lowest BCUT2D eigenvalue weighted by molar-refractivity contribution is 1.18. The van der Waals surface area contributed by atoms with Gasteiger partial charge in [-0.3, -0.25) is 0 Å². The van der Waals surface area contributed by atoms with Crippen molar-refractivity contribution < 1.29 is 0 Å². The Morgan fingerprint density at radius 3 is 1.73 bits per heavy atom. The molecule has 62 heavy (non-hydrogen) atoms. The maximum absolute atomic E-state index is 2.41. The summed E-state index contributed by atoms with van der Waals surface area (Å²) in [6.45, 7) is 0. The van der Waals surface area contributed by atoms with Gasteiger partial charge in [0.15, 0.2) is 0 Å². The van der Waals surface area contributed by atoms with Crippen molar-refractivity contribution in [3.8, 4) is 39.1 Å². The minimum atomic E-state index is 1.10. The van der Waals surface area contributed by atoms with E-state index in [2.05, 4.69) is 252 Å². The van der Waals surface area contributed by atoms with Crippen molar-refractivity contribution in [1.29, 1.82) is 0 Å². The molecule has 0 saturated heterocycles. The van der Waals surface area contributed by atoms with E-state index in [-0.39, 0.29) is 0 Å². The van der Waals surface area contributed by atoms with Gasteiger partial charge >= 0.3 is 0 Å². The Labute approximate surface area is 360 Å². The van der Waals surface area contributed by atoms with Crippen LogP contribution in [0.5, 0.6) is 0 Å². The van der Waals surface area contributed by atoms with Crippen LogP contribution in [0.25, 0.3) is 93.2 Å². The van der Waals surface area contributed by atoms with E-state index in [0.717, 1.165) is 28.3 Å². The first-order chi connectivity index (χ1) is 30.8. The van der Waals surface area contributed by atoms with Gasteiger partial charge in [-0.05, 0) is 127 Å². The minimum Gasteiger partial charge on any atom is -0.310 e. The number of anilines is 3. The molecule has 0 saturated carbocycles. The van der Waals surface area contributed by atoms with Crippen LogP contribution in [0.4, 0.5) is 17.1 Å². The van der Waals surface area contributed by atoms with Gasteiger partial charge in [-0.25, -0.2) is 0 Å². The van der Waals surface area contributed by atoms with Crippen molar-refractivity contribution in [2.75, 3.05) is 4.90 Å². The van der Waals surface area contributed by atoms with Gasteiger partial charge in [0.25, 0.3) is 0 Å². The lowest BCUT2D eigenvalue weighted by atomic mass is 9.93. The van der Waals surface area contributed by atoms with Gasteiger partial charge in [-0.15, -0.1) is 0 Å². The second-order valence-corrected chi connectivity index (χ2v) is 16.1. The molecular weight excluding hydrogens is 749 g/mol. The number of para-hydroxylation sites is 2. The van der Waals surface area contributed by atoms with E-state index >= 15 is 0 Å². The van der Waals surface area contributed by atoms with Gasteiger partial charge in [-0.1, -0.05) is 176 Å². The van der Waals surface area contributed by atoms with Crippen molar-refractivity contribution in [2.24, 2.45) is 0 Å². The van der Waals surface area contributed by atoms with Gasteiger partial charge in [0.05, 0.1) is 16.7 Å². The van der Waals surface area contributed by atoms with Gasteiger partial charge in [0.1, 0.15) is 0 Å². The number of aromatic nitrogens is 1. The Morgan fingerprint density at radius 2 is 0.887 bits per heavy atom. The smallest absolute Gasteiger partial charge is 0.0547 e. The predicted octanol–water partition coefficient (Wildman–Crippen LogP) is 16.7. The molecule has 2 nitrogen and oxygen atoms in total. The first kappa shape index (κ1) is 35.7. The van der Waals surface area contributed by atoms with E-state index in [1.165, 1.54) is 81.9 Å². The Balaban J connectivity index is 0.982. The average molecular weight is 789 g/mol. The number of nitrogens with zero attached hydrogens (tertiary/aromatic N) is 2. The summed E-state index contributed by atoms with van der Waals surface area (Å²) in [5, 5.41) is 10.00. The van der Waals surface area contributed by atoms with Crippen LogP contribution in [0.3, 0.4) is 0 Å². The molecule has 0 radical (unpaired) electrons. The summed E-state index contributed by atoms with van der Waals surface area (Å²) in [4.78, 5) is 2.41. The monoisotopic (exact) mass is 788 g/mol. The molecule has 0 N–H and O–H groups in total. The third-order valence-corrected chi connectivity index (χ3v) is 12.5. The standard InChI is InChI=1S/C60H40N2/c1-2-22-47(23-3-1)62-58-31-11-10-29-55(58)60-52(30-15-33-59(60)62)45-21-12-19-43(38-45)44-20-13-24-49(39-44)61(57-32-14-18-41-16-4-7-26-51(41)57)48-36-34-42(35-37-48)56-40-46-17-5-6-25-50(46)53-27-8-9-28-54(53)56/h1-40H. The van der Waals surface area contributed by atoms with Crippen LogP contribution in [-0.4, -0.2) is 4.57 Å². The molecule has 0 fully saturated rings. The van der Waals surface area contributed by atoms with Gasteiger partial charge in [-0.2, -0.15) is 0 Å². The normalized spacial score (nSPS) is 11.5. The lowest BCUT2D eigenvalue weighted by Gasteiger charge is -2.27. The molecule has 0 atom stereocenters. The van der Waals surface area contributed by atoms with Crippen LogP contribution >= 0.6 is 0 Å². The molecule has 0 spiro atoms. The first-order valence-electron chi connectivity index (χ1n) is 21.3. The highest BCUT2D eigenvalue weighted by Crippen LogP contribution is 2.43. The van der Waals surface area contributed by atoms with Crippen LogP contribution < -0.4 is 4.90 Å². The Kier molecular flexibility index (Phi) is 8.53. The molecule has 1 aromatic heterocycles. The van der Waals surface area contributed by atoms with Gasteiger partial charge in [0.2, 0.25) is 0 Å². The maximum Gasteiger partial charge on any atom is 0.0547 e. The van der Waals surface area contributed by atoms with E-state index in [0.29, 0.717) is 0 Å². The average Bonchev–Trinajstić information content (AvgIpc) is 3.69. The second kappa shape index (κ2) is 14.8. The fourth-order valence-corrected chi connectivity index (χ4v) is 9.72. The number of hydrogen-bond donors (Lipinski definition) is 0. The zero-order valence-electron chi connectivity index (χ0n) is 34.0. The van der Waals surface area contributed by atoms with Crippen molar-refractivity contribution in [3.63, 3.8) is 0 Å². The molecule has 12 aromatic rings. The molecule has 0 unspecified atom stereocenters. The second-order valence-electron chi connectivity index (χ2n) is 16.1. The summed E-state index contributed by atoms with van der Waals surface area (Å²) in [6, 6.07) is 88.4. The van der Waals surface area contributed by atoms with Crippen LogP contribution in [-0.2, 0) is 0 Å². The molecule has 0 bridgehead atoms. The zero-order chi connectivity index (χ0) is 41.0. The summed E-state index contributed by atoms with van der Waals surface area (Å²) in [5.74, 6) is 0. The third-order valence-electron chi connectivity index (χ3n) is 12.5. The first-order valence-corrected chi connectivity index (χ1v) is 21.3. The Bertz CT molecular complexity index is 3630. The highest BCUT2D eigenvalue weighted by atomic mass is 15.1. The molecule has 0 aliphatic carbocycles. The number of hydrogen-bond acceptors (Lipinski definition) is 1. The summed E-state index contributed by atoms with van der Waals surface area (Å²) in [5.41, 5.74) is 14.1. The van der Waals surface area contributed by atoms with E-state index in [1.807, 2.05) is 0 Å². The SMILES string of the molecule is c1ccc(-n2c3ccccc3c3c(-c4cccc(-c5cccc(N(c6ccc(-c7cc8ccccc8c8ccccc78)cc6)c6cccc7ccccc67)c5)c4)cccc32)cc1. The van der Waals surface area contributed by atoms with Crippen molar-refractivity contribution in [3.05, 3.63) is 243 Å². The number of fused-ring (bicyclic) bond motifs is 7. The lowest BCUT2D eigenvalue weighted by Crippen LogP contribution is -2.10. The van der Waals surface area contributed by atoms with Crippen LogP contribution in [0.15, 0.2) is 243 Å². The molecule has 12 rings (SSSR count). The Morgan fingerprint density at radius 1 is 0.290 bits per heavy atom. The predicted molar refractivity (Wildman–Crippen MR) is 264 cm³/mol. The van der Waals surface area contributed by atoms with E-state index < -0.39 is 0 Å². The molecule has 11 aromatic carbocycles. The summed E-state index contributed by atoms with van der Waals surface area (Å²) >= 11 is 0. The molecule has 1 heterocycles. The van der Waals surface area contributed by atoms with E-state index in [4.69, 9.17) is 0 Å². The van der Waals surface area contributed by atoms with Gasteiger partial charge in [0, 0.05) is 33.2 Å². The fourth-order valence-electron chi connectivity index (χ4n) is 9.72. The third kappa shape index (κ3) is 5.96. The van der Waals surface area contributed by atoms with Crippen molar-refractivity contribution in [1.82, 2.24) is 4.57 Å². The highest BCUT2D eigenvalue weighted by Gasteiger charge is 2.19. The molecular formula is C60H40N2.